The number of benzene rings is 1. The molecule has 0 bridgehead atoms. The number of halogens is 2. The van der Waals surface area contributed by atoms with Crippen LogP contribution in [-0.4, -0.2) is 42.4 Å². The van der Waals surface area contributed by atoms with Gasteiger partial charge < -0.3 is 19.9 Å². The van der Waals surface area contributed by atoms with Crippen molar-refractivity contribution in [2.75, 3.05) is 26.8 Å². The average molecular weight is 334 g/mol. The summed E-state index contributed by atoms with van der Waals surface area (Å²) in [6.07, 6.45) is 0.273. The Kier molecular flexibility index (Phi) is 6.14. The Labute approximate surface area is 135 Å². The van der Waals surface area contributed by atoms with Gasteiger partial charge in [-0.3, -0.25) is 0 Å². The predicted molar refractivity (Wildman–Crippen MR) is 84.1 cm³/mol. The van der Waals surface area contributed by atoms with Gasteiger partial charge in [0.05, 0.1) is 26.4 Å². The highest BCUT2D eigenvalue weighted by molar-refractivity contribution is 6.50. The van der Waals surface area contributed by atoms with Crippen molar-refractivity contribution >= 4 is 23.2 Å². The molecular formula is C15H21Cl2NO3. The van der Waals surface area contributed by atoms with E-state index in [0.29, 0.717) is 13.2 Å². The van der Waals surface area contributed by atoms with Gasteiger partial charge in [0.2, 0.25) is 0 Å². The van der Waals surface area contributed by atoms with Crippen molar-refractivity contribution in [3.63, 3.8) is 0 Å². The van der Waals surface area contributed by atoms with Crippen LogP contribution >= 0.6 is 23.2 Å². The summed E-state index contributed by atoms with van der Waals surface area (Å²) in [7, 11) is 1.63. The maximum absolute atomic E-state index is 9.80. The van der Waals surface area contributed by atoms with Crippen LogP contribution in [0.1, 0.15) is 12.0 Å². The molecule has 21 heavy (non-hydrogen) atoms. The van der Waals surface area contributed by atoms with Crippen LogP contribution in [-0.2, 0) is 11.3 Å². The molecule has 6 heteroatoms. The van der Waals surface area contributed by atoms with Gasteiger partial charge in [0, 0.05) is 19.0 Å². The third-order valence-corrected chi connectivity index (χ3v) is 4.39. The molecule has 1 aromatic carbocycles. The van der Waals surface area contributed by atoms with Gasteiger partial charge in [0.25, 0.3) is 0 Å². The molecule has 0 amide bonds. The highest BCUT2D eigenvalue weighted by atomic mass is 35.5. The molecule has 0 aromatic heterocycles. The fourth-order valence-corrected chi connectivity index (χ4v) is 2.54. The second-order valence-corrected chi connectivity index (χ2v) is 6.88. The number of alkyl halides is 2. The van der Waals surface area contributed by atoms with Crippen molar-refractivity contribution in [2.24, 2.45) is 5.92 Å². The summed E-state index contributed by atoms with van der Waals surface area (Å²) in [5, 5.41) is 13.0. The monoisotopic (exact) mass is 333 g/mol. The topological polar surface area (TPSA) is 50.7 Å². The number of methoxy groups -OCH3 is 1. The maximum Gasteiger partial charge on any atom is 0.122 e. The highest BCUT2D eigenvalue weighted by Gasteiger charge is 2.50. The number of hydrogen-bond acceptors (Lipinski definition) is 4. The lowest BCUT2D eigenvalue weighted by Crippen LogP contribution is -2.32. The Balaban J connectivity index is 1.55. The fourth-order valence-electron chi connectivity index (χ4n) is 2.01. The van der Waals surface area contributed by atoms with Crippen molar-refractivity contribution < 1.29 is 14.6 Å². The minimum atomic E-state index is -0.567. The lowest BCUT2D eigenvalue weighted by molar-refractivity contribution is 0.0288. The van der Waals surface area contributed by atoms with E-state index in [2.05, 4.69) is 5.32 Å². The summed E-state index contributed by atoms with van der Waals surface area (Å²) in [6.45, 7) is 1.96. The summed E-state index contributed by atoms with van der Waals surface area (Å²) in [6, 6.07) is 7.65. The van der Waals surface area contributed by atoms with Crippen molar-refractivity contribution in [3.8, 4) is 5.75 Å². The van der Waals surface area contributed by atoms with Crippen LogP contribution in [0.15, 0.2) is 24.3 Å². The van der Waals surface area contributed by atoms with Crippen LogP contribution in [0.2, 0.25) is 0 Å². The number of rotatable bonds is 9. The second-order valence-electron chi connectivity index (χ2n) is 5.34. The number of nitrogens with one attached hydrogen (secondary N) is 1. The van der Waals surface area contributed by atoms with Gasteiger partial charge in [0.1, 0.15) is 10.1 Å². The minimum absolute atomic E-state index is 0.285. The van der Waals surface area contributed by atoms with Gasteiger partial charge in [0.15, 0.2) is 0 Å². The molecule has 1 fully saturated rings. The molecule has 0 aliphatic heterocycles. The number of hydrogen-bond donors (Lipinski definition) is 2. The van der Waals surface area contributed by atoms with E-state index in [1.54, 1.807) is 7.11 Å². The van der Waals surface area contributed by atoms with Gasteiger partial charge in [-0.15, -0.1) is 23.2 Å². The van der Waals surface area contributed by atoms with Crippen molar-refractivity contribution in [2.45, 2.75) is 23.5 Å². The minimum Gasteiger partial charge on any atom is -0.497 e. The zero-order chi connectivity index (χ0) is 15.3. The zero-order valence-corrected chi connectivity index (χ0v) is 13.5. The molecule has 1 aliphatic rings. The summed E-state index contributed by atoms with van der Waals surface area (Å²) in [5.41, 5.74) is 1.04. The molecule has 1 aliphatic carbocycles. The van der Waals surface area contributed by atoms with E-state index in [1.165, 1.54) is 0 Å². The SMILES string of the molecule is COc1ccc(COC[C@H](O)CNC[C@@H]2CC2(Cl)Cl)cc1. The smallest absolute Gasteiger partial charge is 0.122 e. The predicted octanol–water partition coefficient (Wildman–Crippen LogP) is 2.36. The number of ether oxygens (including phenoxy) is 2. The van der Waals surface area contributed by atoms with Crippen LogP contribution in [0.5, 0.6) is 5.75 Å². The standard InChI is InChI=1S/C15H21Cl2NO3/c1-20-14-4-2-11(3-5-14)9-21-10-13(19)8-18-7-12-6-15(12,16)17/h2-5,12-13,18-19H,6-10H2,1H3/t12-,13+/m0/s1. The van der Waals surface area contributed by atoms with Gasteiger partial charge in [-0.2, -0.15) is 0 Å². The summed E-state index contributed by atoms with van der Waals surface area (Å²) >= 11 is 11.8. The largest absolute Gasteiger partial charge is 0.497 e. The third-order valence-electron chi connectivity index (χ3n) is 3.46. The van der Waals surface area contributed by atoms with Crippen molar-refractivity contribution in [1.29, 1.82) is 0 Å². The molecule has 2 atom stereocenters. The second kappa shape index (κ2) is 7.65. The van der Waals surface area contributed by atoms with Crippen LogP contribution in [0.4, 0.5) is 0 Å². The molecule has 2 N–H and O–H groups in total. The molecule has 0 saturated heterocycles. The van der Waals surface area contributed by atoms with E-state index in [1.807, 2.05) is 24.3 Å². The first-order valence-corrected chi connectivity index (χ1v) is 7.74. The lowest BCUT2D eigenvalue weighted by Gasteiger charge is -2.12. The molecule has 1 aromatic rings. The van der Waals surface area contributed by atoms with Crippen molar-refractivity contribution in [3.05, 3.63) is 29.8 Å². The molecule has 118 valence electrons. The summed E-state index contributed by atoms with van der Waals surface area (Å²) in [5.74, 6) is 1.10. The van der Waals surface area contributed by atoms with Gasteiger partial charge in [-0.05, 0) is 24.1 Å². The third kappa shape index (κ3) is 5.64. The average Bonchev–Trinajstić information content (AvgIpc) is 3.07. The Bertz CT molecular complexity index is 439. The Morgan fingerprint density at radius 1 is 1.38 bits per heavy atom. The summed E-state index contributed by atoms with van der Waals surface area (Å²) < 4.78 is 10.0. The molecular weight excluding hydrogens is 313 g/mol. The lowest BCUT2D eigenvalue weighted by atomic mass is 10.2. The van der Waals surface area contributed by atoms with Gasteiger partial charge in [-0.1, -0.05) is 12.1 Å². The molecule has 4 nitrogen and oxygen atoms in total. The van der Waals surface area contributed by atoms with Crippen molar-refractivity contribution in [1.82, 2.24) is 5.32 Å². The normalized spacial score (nSPS) is 21.0. The maximum atomic E-state index is 9.80. The van der Waals surface area contributed by atoms with E-state index in [-0.39, 0.29) is 12.5 Å². The van der Waals surface area contributed by atoms with E-state index in [0.717, 1.165) is 24.3 Å². The van der Waals surface area contributed by atoms with Crippen LogP contribution < -0.4 is 10.1 Å². The van der Waals surface area contributed by atoms with Gasteiger partial charge in [-0.25, -0.2) is 0 Å². The highest BCUT2D eigenvalue weighted by Crippen LogP contribution is 2.52. The van der Waals surface area contributed by atoms with E-state index in [4.69, 9.17) is 32.7 Å². The molecule has 0 spiro atoms. The van der Waals surface area contributed by atoms with E-state index >= 15 is 0 Å². The Hall–Kier alpha value is -0.520. The van der Waals surface area contributed by atoms with E-state index < -0.39 is 10.4 Å². The summed E-state index contributed by atoms with van der Waals surface area (Å²) in [4.78, 5) is 0. The molecule has 1 saturated carbocycles. The van der Waals surface area contributed by atoms with Crippen LogP contribution in [0, 0.1) is 5.92 Å². The van der Waals surface area contributed by atoms with Crippen LogP contribution in [0.25, 0.3) is 0 Å². The Morgan fingerprint density at radius 2 is 2.05 bits per heavy atom. The first kappa shape index (κ1) is 16.8. The number of aliphatic hydroxyl groups excluding tert-OH is 1. The number of aliphatic hydroxyl groups is 1. The molecule has 0 radical (unpaired) electrons. The fraction of sp³-hybridized carbons (Fsp3) is 0.600. The molecule has 0 unspecified atom stereocenters. The Morgan fingerprint density at radius 3 is 2.62 bits per heavy atom. The van der Waals surface area contributed by atoms with Gasteiger partial charge >= 0.3 is 0 Å². The quantitative estimate of drug-likeness (QED) is 0.681. The first-order valence-electron chi connectivity index (χ1n) is 6.98. The zero-order valence-electron chi connectivity index (χ0n) is 12.0. The van der Waals surface area contributed by atoms with Crippen LogP contribution in [0.3, 0.4) is 0 Å². The van der Waals surface area contributed by atoms with E-state index in [9.17, 15) is 5.11 Å². The molecule has 0 heterocycles. The first-order chi connectivity index (χ1) is 10.0. The molecule has 2 rings (SSSR count).